The summed E-state index contributed by atoms with van der Waals surface area (Å²) in [7, 11) is -0.0471. The first-order valence-corrected chi connectivity index (χ1v) is 12.4. The minimum Gasteiger partial charge on any atom is -0.496 e. The molecule has 158 valence electrons. The van der Waals surface area contributed by atoms with E-state index in [2.05, 4.69) is 27.7 Å². The van der Waals surface area contributed by atoms with Crippen molar-refractivity contribution in [1.82, 2.24) is 0 Å². The third-order valence-corrected chi connectivity index (χ3v) is 9.47. The molecule has 0 aromatic heterocycles. The van der Waals surface area contributed by atoms with Crippen molar-refractivity contribution in [1.29, 1.82) is 0 Å². The van der Waals surface area contributed by atoms with Crippen molar-refractivity contribution in [3.8, 4) is 11.5 Å². The lowest BCUT2D eigenvalue weighted by molar-refractivity contribution is 0.106. The van der Waals surface area contributed by atoms with E-state index in [4.69, 9.17) is 9.47 Å². The van der Waals surface area contributed by atoms with Gasteiger partial charge in [-0.2, -0.15) is 0 Å². The first kappa shape index (κ1) is 23.0. The average Bonchev–Trinajstić information content (AvgIpc) is 2.65. The van der Waals surface area contributed by atoms with E-state index in [0.717, 1.165) is 32.1 Å². The van der Waals surface area contributed by atoms with E-state index in [9.17, 15) is 9.36 Å². The Hall–Kier alpha value is -1.28. The largest absolute Gasteiger partial charge is 0.496 e. The Morgan fingerprint density at radius 1 is 1.11 bits per heavy atom. The molecule has 1 saturated carbocycles. The van der Waals surface area contributed by atoms with Gasteiger partial charge in [-0.3, -0.25) is 4.79 Å². The Bertz CT molecular complexity index is 692. The SMILES string of the molecule is COc1cccc(OC)c1C(=O)P(=O)(CC(C)CC(C)(C)C)C1CCCCC1. The summed E-state index contributed by atoms with van der Waals surface area (Å²) in [6.07, 6.45) is 6.44. The molecule has 5 heteroatoms. The fourth-order valence-electron chi connectivity index (χ4n) is 4.72. The van der Waals surface area contributed by atoms with E-state index in [-0.39, 0.29) is 22.5 Å². The van der Waals surface area contributed by atoms with Crippen molar-refractivity contribution in [2.24, 2.45) is 11.3 Å². The Kier molecular flexibility index (Phi) is 7.79. The molecule has 0 radical (unpaired) electrons. The molecular weight excluding hydrogens is 371 g/mol. The molecule has 0 aliphatic heterocycles. The van der Waals surface area contributed by atoms with Gasteiger partial charge in [0.2, 0.25) is 5.52 Å². The van der Waals surface area contributed by atoms with Gasteiger partial charge in [-0.1, -0.05) is 53.0 Å². The van der Waals surface area contributed by atoms with Gasteiger partial charge in [-0.05, 0) is 42.7 Å². The van der Waals surface area contributed by atoms with Crippen molar-refractivity contribution < 1.29 is 18.8 Å². The van der Waals surface area contributed by atoms with Crippen molar-refractivity contribution >= 4 is 12.7 Å². The number of benzene rings is 1. The second-order valence-electron chi connectivity index (χ2n) is 9.48. The molecule has 2 unspecified atom stereocenters. The van der Waals surface area contributed by atoms with Crippen LogP contribution in [0.1, 0.15) is 76.6 Å². The van der Waals surface area contributed by atoms with Gasteiger partial charge >= 0.3 is 0 Å². The summed E-state index contributed by atoms with van der Waals surface area (Å²) in [5.74, 6) is 1.12. The third kappa shape index (κ3) is 5.41. The van der Waals surface area contributed by atoms with Gasteiger partial charge in [0.05, 0.1) is 14.2 Å². The highest BCUT2D eigenvalue weighted by atomic mass is 31.2. The standard InChI is InChI=1S/C23H37O4P/c1-17(15-23(2,3)4)16-28(25,18-11-8-7-9-12-18)22(24)21-19(26-5)13-10-14-20(21)27-6/h10,13-14,17-18H,7-9,11-12,15-16H2,1-6H3. The van der Waals surface area contributed by atoms with Crippen LogP contribution in [0.3, 0.4) is 0 Å². The second kappa shape index (κ2) is 9.48. The highest BCUT2D eigenvalue weighted by Crippen LogP contribution is 2.61. The molecule has 4 nitrogen and oxygen atoms in total. The third-order valence-electron chi connectivity index (χ3n) is 5.69. The Morgan fingerprint density at radius 2 is 1.64 bits per heavy atom. The maximum atomic E-state index is 14.4. The number of rotatable bonds is 8. The van der Waals surface area contributed by atoms with E-state index in [1.165, 1.54) is 6.42 Å². The van der Waals surface area contributed by atoms with Gasteiger partial charge < -0.3 is 14.0 Å². The zero-order valence-electron chi connectivity index (χ0n) is 18.4. The zero-order chi connectivity index (χ0) is 20.9. The van der Waals surface area contributed by atoms with E-state index < -0.39 is 7.14 Å². The predicted molar refractivity (Wildman–Crippen MR) is 116 cm³/mol. The summed E-state index contributed by atoms with van der Waals surface area (Å²) in [6.45, 7) is 8.72. The van der Waals surface area contributed by atoms with Crippen LogP contribution < -0.4 is 9.47 Å². The highest BCUT2D eigenvalue weighted by molar-refractivity contribution is 7.81. The Labute approximate surface area is 170 Å². The molecule has 2 rings (SSSR count). The maximum absolute atomic E-state index is 14.4. The van der Waals surface area contributed by atoms with Crippen molar-refractivity contribution in [3.63, 3.8) is 0 Å². The molecule has 1 aromatic carbocycles. The lowest BCUT2D eigenvalue weighted by Crippen LogP contribution is -2.25. The molecule has 1 fully saturated rings. The number of hydrogen-bond acceptors (Lipinski definition) is 4. The van der Waals surface area contributed by atoms with Gasteiger partial charge in [0.1, 0.15) is 17.1 Å². The van der Waals surface area contributed by atoms with Crippen LogP contribution in [-0.2, 0) is 4.57 Å². The monoisotopic (exact) mass is 408 g/mol. The van der Waals surface area contributed by atoms with Crippen LogP contribution in [-0.4, -0.2) is 31.6 Å². The summed E-state index contributed by atoms with van der Waals surface area (Å²) in [6, 6.07) is 5.29. The lowest BCUT2D eigenvalue weighted by Gasteiger charge is -2.33. The molecule has 28 heavy (non-hydrogen) atoms. The normalized spacial score (nSPS) is 18.9. The molecule has 1 aliphatic rings. The number of carbonyl (C=O) groups excluding carboxylic acids is 1. The molecule has 0 spiro atoms. The lowest BCUT2D eigenvalue weighted by atomic mass is 9.86. The fourth-order valence-corrected chi connectivity index (χ4v) is 8.37. The minimum atomic E-state index is -3.13. The molecule has 0 amide bonds. The molecule has 1 aliphatic carbocycles. The van der Waals surface area contributed by atoms with E-state index in [1.807, 2.05) is 0 Å². The maximum Gasteiger partial charge on any atom is 0.229 e. The quantitative estimate of drug-likeness (QED) is 0.454. The van der Waals surface area contributed by atoms with Crippen molar-refractivity contribution in [2.75, 3.05) is 20.4 Å². The fraction of sp³-hybridized carbons (Fsp3) is 0.696. The Balaban J connectivity index is 2.47. The van der Waals surface area contributed by atoms with Gasteiger partial charge in [0, 0.05) is 11.8 Å². The van der Waals surface area contributed by atoms with Gasteiger partial charge in [0.25, 0.3) is 0 Å². The summed E-state index contributed by atoms with van der Waals surface area (Å²) < 4.78 is 25.4. The van der Waals surface area contributed by atoms with Crippen LogP contribution in [0.15, 0.2) is 18.2 Å². The van der Waals surface area contributed by atoms with Crippen LogP contribution in [0.5, 0.6) is 11.5 Å². The topological polar surface area (TPSA) is 52.6 Å². The summed E-state index contributed by atoms with van der Waals surface area (Å²) in [5, 5.41) is 0. The zero-order valence-corrected chi connectivity index (χ0v) is 19.3. The van der Waals surface area contributed by atoms with E-state index >= 15 is 0 Å². The van der Waals surface area contributed by atoms with Gasteiger partial charge in [0.15, 0.2) is 7.14 Å². The van der Waals surface area contributed by atoms with E-state index in [1.54, 1.807) is 32.4 Å². The summed E-state index contributed by atoms with van der Waals surface area (Å²) >= 11 is 0. The first-order valence-electron chi connectivity index (χ1n) is 10.5. The number of methoxy groups -OCH3 is 2. The van der Waals surface area contributed by atoms with Crippen molar-refractivity contribution in [2.45, 2.75) is 71.9 Å². The van der Waals surface area contributed by atoms with Crippen LogP contribution >= 0.6 is 7.14 Å². The van der Waals surface area contributed by atoms with Gasteiger partial charge in [-0.25, -0.2) is 0 Å². The molecule has 1 aromatic rings. The number of hydrogen-bond donors (Lipinski definition) is 0. The minimum absolute atomic E-state index is 0.0224. The van der Waals surface area contributed by atoms with Gasteiger partial charge in [-0.15, -0.1) is 0 Å². The smallest absolute Gasteiger partial charge is 0.229 e. The summed E-state index contributed by atoms with van der Waals surface area (Å²) in [5.41, 5.74) is 0.215. The molecule has 2 atom stereocenters. The first-order chi connectivity index (χ1) is 13.1. The highest BCUT2D eigenvalue weighted by Gasteiger charge is 2.44. The summed E-state index contributed by atoms with van der Waals surface area (Å²) in [4.78, 5) is 13.8. The molecule has 0 heterocycles. The number of ether oxygens (including phenoxy) is 2. The number of carbonyl (C=O) groups is 1. The van der Waals surface area contributed by atoms with E-state index in [0.29, 0.717) is 23.2 Å². The molecular formula is C23H37O4P. The Morgan fingerprint density at radius 3 is 2.11 bits per heavy atom. The molecule has 0 N–H and O–H groups in total. The van der Waals surface area contributed by atoms with Crippen LogP contribution in [0, 0.1) is 11.3 Å². The van der Waals surface area contributed by atoms with Crippen LogP contribution in [0.25, 0.3) is 0 Å². The van der Waals surface area contributed by atoms with Crippen LogP contribution in [0.2, 0.25) is 0 Å². The average molecular weight is 409 g/mol. The van der Waals surface area contributed by atoms with Crippen LogP contribution in [0.4, 0.5) is 0 Å². The molecule has 0 saturated heterocycles. The predicted octanol–water partition coefficient (Wildman–Crippen LogP) is 6.61. The van der Waals surface area contributed by atoms with Crippen molar-refractivity contribution in [3.05, 3.63) is 23.8 Å². The molecule has 0 bridgehead atoms. The second-order valence-corrected chi connectivity index (χ2v) is 12.6.